The van der Waals surface area contributed by atoms with Crippen LogP contribution in [-0.2, 0) is 0 Å². The quantitative estimate of drug-likeness (QED) is 0.525. The molecule has 0 fully saturated rings. The first-order valence-electron chi connectivity index (χ1n) is 7.36. The van der Waals surface area contributed by atoms with E-state index < -0.39 is 5.91 Å². The summed E-state index contributed by atoms with van der Waals surface area (Å²) in [7, 11) is 3.14. The Labute approximate surface area is 148 Å². The molecule has 0 saturated heterocycles. The molecule has 0 saturated carbocycles. The third-order valence-corrected chi connectivity index (χ3v) is 4.31. The molecule has 2 heterocycles. The summed E-state index contributed by atoms with van der Waals surface area (Å²) in [4.78, 5) is 13.1. The van der Waals surface area contributed by atoms with Crippen LogP contribution in [0.25, 0.3) is 10.6 Å². The van der Waals surface area contributed by atoms with E-state index in [1.165, 1.54) is 6.21 Å². The second-order valence-corrected chi connectivity index (χ2v) is 5.90. The normalized spacial score (nSPS) is 10.8. The molecule has 3 aromatic rings. The topological polar surface area (TPSA) is 88.6 Å². The predicted molar refractivity (Wildman–Crippen MR) is 96.5 cm³/mol. The largest absolute Gasteiger partial charge is 0.497 e. The molecule has 8 heteroatoms. The second kappa shape index (κ2) is 7.63. The minimum Gasteiger partial charge on any atom is -0.497 e. The molecule has 3 rings (SSSR count). The van der Waals surface area contributed by atoms with Crippen molar-refractivity contribution in [2.45, 2.75) is 0 Å². The highest BCUT2D eigenvalue weighted by molar-refractivity contribution is 7.13. The Kier molecular flexibility index (Phi) is 5.10. The number of aromatic amines is 1. The molecule has 128 valence electrons. The standard InChI is InChI=1S/C17H16N4O3S/c1-23-12-5-6-15(24-2)11(8-12)10-18-21-17(22)14-9-13(19-20-14)16-4-3-7-25-16/h3-10H,1-2H3,(H,19,20)(H,21,22)/b18-10+. The van der Waals surface area contributed by atoms with Gasteiger partial charge in [-0.25, -0.2) is 5.43 Å². The van der Waals surface area contributed by atoms with Crippen molar-refractivity contribution in [3.8, 4) is 22.1 Å². The van der Waals surface area contributed by atoms with Gasteiger partial charge in [0.1, 0.15) is 11.5 Å². The average molecular weight is 356 g/mol. The van der Waals surface area contributed by atoms with Crippen molar-refractivity contribution < 1.29 is 14.3 Å². The Morgan fingerprint density at radius 2 is 2.16 bits per heavy atom. The summed E-state index contributed by atoms with van der Waals surface area (Å²) in [6.45, 7) is 0. The van der Waals surface area contributed by atoms with E-state index in [0.717, 1.165) is 10.6 Å². The third kappa shape index (κ3) is 3.86. The maximum absolute atomic E-state index is 12.1. The maximum Gasteiger partial charge on any atom is 0.291 e. The number of nitrogens with zero attached hydrogens (tertiary/aromatic N) is 2. The number of amides is 1. The van der Waals surface area contributed by atoms with Crippen molar-refractivity contribution in [1.82, 2.24) is 15.6 Å². The highest BCUT2D eigenvalue weighted by atomic mass is 32.1. The van der Waals surface area contributed by atoms with Crippen molar-refractivity contribution in [2.24, 2.45) is 5.10 Å². The summed E-state index contributed by atoms with van der Waals surface area (Å²) in [5, 5.41) is 12.8. The molecular weight excluding hydrogens is 340 g/mol. The van der Waals surface area contributed by atoms with E-state index >= 15 is 0 Å². The number of hydrazone groups is 1. The van der Waals surface area contributed by atoms with Gasteiger partial charge in [0.25, 0.3) is 5.91 Å². The smallest absolute Gasteiger partial charge is 0.291 e. The number of hydrogen-bond donors (Lipinski definition) is 2. The number of ether oxygens (including phenoxy) is 2. The number of thiophene rings is 1. The molecule has 0 radical (unpaired) electrons. The Bertz CT molecular complexity index is 887. The van der Waals surface area contributed by atoms with Crippen molar-refractivity contribution in [3.05, 3.63) is 53.0 Å². The van der Waals surface area contributed by atoms with Gasteiger partial charge < -0.3 is 9.47 Å². The van der Waals surface area contributed by atoms with Gasteiger partial charge in [-0.15, -0.1) is 11.3 Å². The molecule has 0 atom stereocenters. The van der Waals surface area contributed by atoms with E-state index in [1.807, 2.05) is 17.5 Å². The number of carbonyl (C=O) groups excluding carboxylic acids is 1. The maximum atomic E-state index is 12.1. The van der Waals surface area contributed by atoms with Crippen LogP contribution < -0.4 is 14.9 Å². The monoisotopic (exact) mass is 356 g/mol. The fourth-order valence-corrected chi connectivity index (χ4v) is 2.85. The van der Waals surface area contributed by atoms with Crippen LogP contribution in [0.3, 0.4) is 0 Å². The molecule has 0 aliphatic heterocycles. The molecule has 0 bridgehead atoms. The molecule has 2 aromatic heterocycles. The molecule has 0 spiro atoms. The van der Waals surface area contributed by atoms with Gasteiger partial charge >= 0.3 is 0 Å². The molecule has 2 N–H and O–H groups in total. The van der Waals surface area contributed by atoms with Crippen LogP contribution in [0.1, 0.15) is 16.1 Å². The lowest BCUT2D eigenvalue weighted by Crippen LogP contribution is -2.18. The lowest BCUT2D eigenvalue weighted by molar-refractivity contribution is 0.0950. The first kappa shape index (κ1) is 16.7. The van der Waals surface area contributed by atoms with Crippen LogP contribution in [0, 0.1) is 0 Å². The number of nitrogens with one attached hydrogen (secondary N) is 2. The highest BCUT2D eigenvalue weighted by Crippen LogP contribution is 2.23. The molecule has 1 amide bonds. The van der Waals surface area contributed by atoms with Gasteiger partial charge in [-0.3, -0.25) is 9.89 Å². The zero-order chi connectivity index (χ0) is 17.6. The first-order valence-corrected chi connectivity index (χ1v) is 8.24. The Morgan fingerprint density at radius 3 is 2.88 bits per heavy atom. The van der Waals surface area contributed by atoms with E-state index in [9.17, 15) is 4.79 Å². The molecule has 0 aliphatic rings. The van der Waals surface area contributed by atoms with Gasteiger partial charge in [0, 0.05) is 5.56 Å². The van der Waals surface area contributed by atoms with Gasteiger partial charge in [-0.05, 0) is 35.7 Å². The van der Waals surface area contributed by atoms with Gasteiger partial charge in [0.15, 0.2) is 5.69 Å². The SMILES string of the molecule is COc1ccc(OC)c(/C=N/NC(=O)c2cc(-c3cccs3)[nH]n2)c1. The summed E-state index contributed by atoms with van der Waals surface area (Å²) >= 11 is 1.57. The van der Waals surface area contributed by atoms with Crippen LogP contribution in [0.15, 0.2) is 46.9 Å². The fourth-order valence-electron chi connectivity index (χ4n) is 2.15. The molecule has 25 heavy (non-hydrogen) atoms. The van der Waals surface area contributed by atoms with Crippen LogP contribution in [0.4, 0.5) is 0 Å². The number of carbonyl (C=O) groups is 1. The average Bonchev–Trinajstić information content (AvgIpc) is 3.32. The van der Waals surface area contributed by atoms with Crippen LogP contribution in [0.2, 0.25) is 0 Å². The van der Waals surface area contributed by atoms with Crippen LogP contribution in [0.5, 0.6) is 11.5 Å². The number of aromatic nitrogens is 2. The van der Waals surface area contributed by atoms with Crippen LogP contribution in [-0.4, -0.2) is 36.5 Å². The molecule has 7 nitrogen and oxygen atoms in total. The number of methoxy groups -OCH3 is 2. The number of H-pyrrole nitrogens is 1. The van der Waals surface area contributed by atoms with E-state index in [0.29, 0.717) is 17.1 Å². The predicted octanol–water partition coefficient (Wildman–Crippen LogP) is 2.92. The van der Waals surface area contributed by atoms with Crippen LogP contribution >= 0.6 is 11.3 Å². The summed E-state index contributed by atoms with van der Waals surface area (Å²) in [5.41, 5.74) is 4.19. The summed E-state index contributed by atoms with van der Waals surface area (Å²) < 4.78 is 10.4. The number of hydrogen-bond acceptors (Lipinski definition) is 6. The number of rotatable bonds is 6. The minimum atomic E-state index is -0.405. The van der Waals surface area contributed by atoms with Gasteiger partial charge in [0.2, 0.25) is 0 Å². The summed E-state index contributed by atoms with van der Waals surface area (Å²) in [5.74, 6) is 0.886. The van der Waals surface area contributed by atoms with E-state index in [4.69, 9.17) is 9.47 Å². The molecule has 0 aliphatic carbocycles. The lowest BCUT2D eigenvalue weighted by atomic mass is 10.2. The number of benzene rings is 1. The van der Waals surface area contributed by atoms with Gasteiger partial charge in [-0.2, -0.15) is 10.2 Å². The lowest BCUT2D eigenvalue weighted by Gasteiger charge is -2.06. The minimum absolute atomic E-state index is 0.262. The molecule has 0 unspecified atom stereocenters. The summed E-state index contributed by atoms with van der Waals surface area (Å²) in [6, 6.07) is 10.9. The van der Waals surface area contributed by atoms with E-state index in [2.05, 4.69) is 20.7 Å². The summed E-state index contributed by atoms with van der Waals surface area (Å²) in [6.07, 6.45) is 1.49. The van der Waals surface area contributed by atoms with E-state index in [1.54, 1.807) is 49.8 Å². The zero-order valence-electron chi connectivity index (χ0n) is 13.6. The third-order valence-electron chi connectivity index (χ3n) is 3.40. The van der Waals surface area contributed by atoms with E-state index in [-0.39, 0.29) is 5.69 Å². The van der Waals surface area contributed by atoms with Gasteiger partial charge in [-0.1, -0.05) is 6.07 Å². The molecule has 1 aromatic carbocycles. The Balaban J connectivity index is 1.69. The Morgan fingerprint density at radius 1 is 1.28 bits per heavy atom. The zero-order valence-corrected chi connectivity index (χ0v) is 14.5. The van der Waals surface area contributed by atoms with Gasteiger partial charge in [0.05, 0.1) is 31.0 Å². The second-order valence-electron chi connectivity index (χ2n) is 4.95. The molecular formula is C17H16N4O3S. The first-order chi connectivity index (χ1) is 12.2. The van der Waals surface area contributed by atoms with Crippen molar-refractivity contribution in [1.29, 1.82) is 0 Å². The highest BCUT2D eigenvalue weighted by Gasteiger charge is 2.11. The fraction of sp³-hybridized carbons (Fsp3) is 0.118. The van der Waals surface area contributed by atoms with Crippen molar-refractivity contribution >= 4 is 23.5 Å². The van der Waals surface area contributed by atoms with Crippen molar-refractivity contribution in [3.63, 3.8) is 0 Å². The van der Waals surface area contributed by atoms with Crippen molar-refractivity contribution in [2.75, 3.05) is 14.2 Å². The Hall–Kier alpha value is -3.13.